The lowest BCUT2D eigenvalue weighted by Gasteiger charge is -2.85. The van der Waals surface area contributed by atoms with E-state index in [0.717, 1.165) is 89.4 Å². The average molecular weight is 851 g/mol. The fourth-order valence-corrected chi connectivity index (χ4v) is 19.8. The Kier molecular flexibility index (Phi) is 10.7. The van der Waals surface area contributed by atoms with Crippen molar-refractivity contribution in [2.75, 3.05) is 20.3 Å². The van der Waals surface area contributed by atoms with Crippen LogP contribution < -0.4 is 0 Å². The van der Waals surface area contributed by atoms with Crippen LogP contribution >= 0.6 is 0 Å². The number of carbonyl (C=O) groups is 1. The zero-order valence-electron chi connectivity index (χ0n) is 39.6. The summed E-state index contributed by atoms with van der Waals surface area (Å²) in [4.78, 5) is 13.3. The van der Waals surface area contributed by atoms with Crippen molar-refractivity contribution in [1.29, 1.82) is 0 Å². The minimum absolute atomic E-state index is 0.0332. The van der Waals surface area contributed by atoms with E-state index in [2.05, 4.69) is 70.7 Å². The van der Waals surface area contributed by atoms with Crippen molar-refractivity contribution in [3.05, 3.63) is 35.4 Å². The van der Waals surface area contributed by atoms with Gasteiger partial charge in [0.05, 0.1) is 24.7 Å². The fraction of sp³-hybridized carbons (Fsp3) is 0.839. The minimum Gasteiger partial charge on any atom is -0.481 e. The molecule has 2 spiro atoms. The van der Waals surface area contributed by atoms with Crippen molar-refractivity contribution in [3.8, 4) is 11.8 Å². The molecule has 6 heteroatoms. The van der Waals surface area contributed by atoms with E-state index in [1.807, 2.05) is 0 Å². The highest BCUT2D eigenvalue weighted by Gasteiger charge is 2.89. The van der Waals surface area contributed by atoms with Gasteiger partial charge in [0.1, 0.15) is 0 Å². The Bertz CT molecular complexity index is 1950. The van der Waals surface area contributed by atoms with Gasteiger partial charge < -0.3 is 24.8 Å². The molecule has 15 atom stereocenters. The molecule has 342 valence electrons. The molecular formula is C56H82O6. The SMILES string of the molecule is COCCc1ccc(CC2OC3(O)CC4CCC5CC67CCC(CCC8CCCCC8)CC#CC8(CCC2(C3C)C4(CO)C58C)C6(C)CCC2(C)CCC(C)(C(=O)O)CC27)cc1. The first-order valence-electron chi connectivity index (χ1n) is 25.9. The summed E-state index contributed by atoms with van der Waals surface area (Å²) in [7, 11) is 1.76. The standard InChI is InChI=1S/C56H82O6/c1-38-54-31-30-53-24-10-13-40(15-14-39-11-8-7-9-12-39)22-25-52(45-36-49(3,47(58)59)27-26-48(45,2)28-29-50(52,53)4)34-43-20-21-44(55(54,37-57)51(43,53)5)35-56(38,60)62-46(54)33-42-18-16-41(17-19-42)23-32-61-6/h16-19,38-40,43-46,57,60H,7-9,11-15,20-23,25-37H2,1-6H3,(H,58,59). The highest BCUT2D eigenvalue weighted by atomic mass is 16.6. The van der Waals surface area contributed by atoms with Crippen LogP contribution in [0.3, 0.4) is 0 Å². The van der Waals surface area contributed by atoms with Gasteiger partial charge in [-0.2, -0.15) is 0 Å². The second kappa shape index (κ2) is 15.1. The highest BCUT2D eigenvalue weighted by molar-refractivity contribution is 5.74. The number of rotatable bonds is 10. The quantitative estimate of drug-likeness (QED) is 0.203. The van der Waals surface area contributed by atoms with Gasteiger partial charge in [0.25, 0.3) is 0 Å². The summed E-state index contributed by atoms with van der Waals surface area (Å²) in [6.07, 6.45) is 24.7. The lowest BCUT2D eigenvalue weighted by molar-refractivity contribution is -0.378. The zero-order valence-corrected chi connectivity index (χ0v) is 39.6. The van der Waals surface area contributed by atoms with Gasteiger partial charge in [0.15, 0.2) is 5.79 Å². The van der Waals surface area contributed by atoms with E-state index in [0.29, 0.717) is 30.8 Å². The first-order valence-corrected chi connectivity index (χ1v) is 25.9. The number of aliphatic hydroxyl groups excluding tert-OH is 1. The number of methoxy groups -OCH3 is 1. The molecule has 0 radical (unpaired) electrons. The van der Waals surface area contributed by atoms with Crippen LogP contribution in [0.15, 0.2) is 24.3 Å². The predicted octanol–water partition coefficient (Wildman–Crippen LogP) is 11.6. The Morgan fingerprint density at radius 3 is 2.26 bits per heavy atom. The molecular weight excluding hydrogens is 769 g/mol. The largest absolute Gasteiger partial charge is 0.481 e. The monoisotopic (exact) mass is 851 g/mol. The van der Waals surface area contributed by atoms with E-state index in [1.54, 1.807) is 7.11 Å². The number of ether oxygens (including phenoxy) is 2. The third kappa shape index (κ3) is 5.59. The smallest absolute Gasteiger partial charge is 0.309 e. The molecule has 3 N–H and O–H groups in total. The molecule has 1 aliphatic heterocycles. The molecule has 1 saturated heterocycles. The van der Waals surface area contributed by atoms with Crippen LogP contribution in [0, 0.1) is 90.7 Å². The van der Waals surface area contributed by atoms with Gasteiger partial charge in [0, 0.05) is 42.1 Å². The van der Waals surface area contributed by atoms with Crippen molar-refractivity contribution >= 4 is 5.97 Å². The van der Waals surface area contributed by atoms with Crippen molar-refractivity contribution < 1.29 is 29.6 Å². The van der Waals surface area contributed by atoms with Gasteiger partial charge in [-0.05, 0) is 166 Å². The summed E-state index contributed by atoms with van der Waals surface area (Å²) in [5, 5.41) is 36.6. The number of fused-ring (bicyclic) bond motifs is 2. The predicted molar refractivity (Wildman–Crippen MR) is 244 cm³/mol. The molecule has 9 aliphatic rings. The van der Waals surface area contributed by atoms with Crippen LogP contribution in [0.2, 0.25) is 0 Å². The van der Waals surface area contributed by atoms with Crippen LogP contribution in [0.5, 0.6) is 0 Å². The van der Waals surface area contributed by atoms with E-state index in [4.69, 9.17) is 9.47 Å². The van der Waals surface area contributed by atoms with Crippen molar-refractivity contribution in [3.63, 3.8) is 0 Å². The molecule has 10 rings (SSSR count). The summed E-state index contributed by atoms with van der Waals surface area (Å²) in [6.45, 7) is 13.1. The summed E-state index contributed by atoms with van der Waals surface area (Å²) >= 11 is 0. The minimum atomic E-state index is -1.21. The maximum absolute atomic E-state index is 13.3. The normalized spacial score (nSPS) is 50.4. The molecule has 6 nitrogen and oxygen atoms in total. The van der Waals surface area contributed by atoms with Gasteiger partial charge in [-0.15, -0.1) is 5.92 Å². The molecule has 62 heavy (non-hydrogen) atoms. The Morgan fingerprint density at radius 1 is 0.823 bits per heavy atom. The number of aliphatic hydroxyl groups is 2. The molecule has 0 aromatic heterocycles. The first kappa shape index (κ1) is 44.0. The number of carboxylic acid groups (broad SMARTS) is 1. The van der Waals surface area contributed by atoms with Gasteiger partial charge in [-0.25, -0.2) is 0 Å². The number of benzene rings is 1. The Morgan fingerprint density at radius 2 is 1.53 bits per heavy atom. The molecule has 0 amide bonds. The topological polar surface area (TPSA) is 96.2 Å². The second-order valence-corrected chi connectivity index (χ2v) is 24.9. The van der Waals surface area contributed by atoms with Crippen molar-refractivity contribution in [2.45, 2.75) is 194 Å². The molecule has 1 aromatic rings. The van der Waals surface area contributed by atoms with Crippen LogP contribution in [0.1, 0.15) is 181 Å². The van der Waals surface area contributed by atoms with Gasteiger partial charge in [-0.3, -0.25) is 4.79 Å². The summed E-state index contributed by atoms with van der Waals surface area (Å²) in [5.41, 5.74) is 0.166. The van der Waals surface area contributed by atoms with E-state index in [-0.39, 0.29) is 51.6 Å². The molecule has 8 aliphatic carbocycles. The van der Waals surface area contributed by atoms with E-state index in [9.17, 15) is 20.1 Å². The molecule has 7 saturated carbocycles. The lowest BCUT2D eigenvalue weighted by atomic mass is 9.18. The lowest BCUT2D eigenvalue weighted by Crippen LogP contribution is -2.82. The number of hydrogen-bond acceptors (Lipinski definition) is 5. The van der Waals surface area contributed by atoms with Crippen LogP contribution in [0.25, 0.3) is 0 Å². The highest BCUT2D eigenvalue weighted by Crippen LogP contribution is 2.91. The van der Waals surface area contributed by atoms with Gasteiger partial charge in [-0.1, -0.05) is 96.4 Å². The second-order valence-electron chi connectivity index (χ2n) is 24.9. The van der Waals surface area contributed by atoms with Gasteiger partial charge in [0.2, 0.25) is 0 Å². The summed E-state index contributed by atoms with van der Waals surface area (Å²) in [6, 6.07) is 9.00. The van der Waals surface area contributed by atoms with E-state index >= 15 is 0 Å². The maximum Gasteiger partial charge on any atom is 0.309 e. The summed E-state index contributed by atoms with van der Waals surface area (Å²) < 4.78 is 12.6. The molecule has 8 fully saturated rings. The average Bonchev–Trinajstić information content (AvgIpc) is 3.41. The molecule has 4 bridgehead atoms. The van der Waals surface area contributed by atoms with E-state index in [1.165, 1.54) is 68.9 Å². The Hall–Kier alpha value is -1.91. The number of hydrogen-bond donors (Lipinski definition) is 3. The van der Waals surface area contributed by atoms with E-state index < -0.39 is 28.0 Å². The molecule has 15 unspecified atom stereocenters. The number of carboxylic acids is 1. The van der Waals surface area contributed by atoms with Crippen molar-refractivity contribution in [2.24, 2.45) is 78.8 Å². The van der Waals surface area contributed by atoms with Crippen molar-refractivity contribution in [1.82, 2.24) is 0 Å². The van der Waals surface area contributed by atoms with Crippen LogP contribution in [-0.4, -0.2) is 53.5 Å². The maximum atomic E-state index is 13.3. The summed E-state index contributed by atoms with van der Waals surface area (Å²) in [5.74, 6) is 8.89. The Labute approximate surface area is 374 Å². The fourth-order valence-electron chi connectivity index (χ4n) is 19.8. The molecule has 1 heterocycles. The van der Waals surface area contributed by atoms with Crippen LogP contribution in [-0.2, 0) is 27.1 Å². The van der Waals surface area contributed by atoms with Gasteiger partial charge >= 0.3 is 5.97 Å². The first-order chi connectivity index (χ1) is 29.6. The van der Waals surface area contributed by atoms with Crippen LogP contribution in [0.4, 0.5) is 0 Å². The zero-order chi connectivity index (χ0) is 43.6. The number of aliphatic carboxylic acids is 1. The molecule has 1 aromatic carbocycles. The third-order valence-corrected chi connectivity index (χ3v) is 23.3. The Balaban J connectivity index is 1.13. The third-order valence-electron chi connectivity index (χ3n) is 23.3.